The van der Waals surface area contributed by atoms with Crippen LogP contribution in [0.1, 0.15) is 23.6 Å². The van der Waals surface area contributed by atoms with Crippen LogP contribution in [-0.4, -0.2) is 49.6 Å². The summed E-state index contributed by atoms with van der Waals surface area (Å²) >= 11 is 0. The molecule has 5 heteroatoms. The number of halogens is 2. The Bertz CT molecular complexity index is 478. The number of hydrogen-bond donors (Lipinski definition) is 1. The van der Waals surface area contributed by atoms with Gasteiger partial charge in [-0.2, -0.15) is 0 Å². The summed E-state index contributed by atoms with van der Waals surface area (Å²) in [5, 5.41) is 0. The molecule has 2 unspecified atom stereocenters. The summed E-state index contributed by atoms with van der Waals surface area (Å²) in [6.45, 7) is 4.47. The minimum Gasteiger partial charge on any atom is -0.324 e. The van der Waals surface area contributed by atoms with E-state index >= 15 is 0 Å². The van der Waals surface area contributed by atoms with Crippen molar-refractivity contribution in [3.8, 4) is 0 Å². The molecule has 0 amide bonds. The first kappa shape index (κ1) is 15.4. The van der Waals surface area contributed by atoms with E-state index in [4.69, 9.17) is 5.73 Å². The van der Waals surface area contributed by atoms with Crippen molar-refractivity contribution in [2.24, 2.45) is 5.73 Å². The molecule has 2 rings (SSSR count). The molecule has 1 aromatic carbocycles. The van der Waals surface area contributed by atoms with E-state index in [1.807, 2.05) is 7.05 Å². The smallest absolute Gasteiger partial charge is 0.133 e. The fourth-order valence-corrected chi connectivity index (χ4v) is 2.79. The summed E-state index contributed by atoms with van der Waals surface area (Å²) in [4.78, 5) is 4.44. The highest BCUT2D eigenvalue weighted by atomic mass is 19.1. The molecule has 112 valence electrons. The molecule has 1 fully saturated rings. The Kier molecular flexibility index (Phi) is 4.73. The molecule has 0 spiro atoms. The van der Waals surface area contributed by atoms with Crippen LogP contribution in [0, 0.1) is 18.6 Å². The van der Waals surface area contributed by atoms with Crippen LogP contribution >= 0.6 is 0 Å². The van der Waals surface area contributed by atoms with E-state index in [1.165, 1.54) is 12.1 Å². The standard InChI is InChI=1S/C15H23F2N3/c1-10-4-5-12(16)14(15(10)17)13(18)8-11-9-19(2)6-7-20(11)3/h4-5,11,13H,6-9,18H2,1-3H3. The molecule has 1 aliphatic heterocycles. The van der Waals surface area contributed by atoms with Gasteiger partial charge in [-0.15, -0.1) is 0 Å². The molecular formula is C15H23F2N3. The second-order valence-corrected chi connectivity index (χ2v) is 5.83. The highest BCUT2D eigenvalue weighted by molar-refractivity contribution is 5.29. The van der Waals surface area contributed by atoms with Crippen LogP contribution in [0.4, 0.5) is 8.78 Å². The lowest BCUT2D eigenvalue weighted by Crippen LogP contribution is -2.50. The summed E-state index contributed by atoms with van der Waals surface area (Å²) in [7, 11) is 4.09. The number of hydrogen-bond acceptors (Lipinski definition) is 3. The average molecular weight is 283 g/mol. The molecule has 1 saturated heterocycles. The lowest BCUT2D eigenvalue weighted by molar-refractivity contribution is 0.103. The van der Waals surface area contributed by atoms with Gasteiger partial charge in [0.2, 0.25) is 0 Å². The number of piperazine rings is 1. The van der Waals surface area contributed by atoms with E-state index in [2.05, 4.69) is 16.8 Å². The van der Waals surface area contributed by atoms with E-state index in [0.29, 0.717) is 12.0 Å². The van der Waals surface area contributed by atoms with Crippen LogP contribution in [0.3, 0.4) is 0 Å². The Labute approximate surface area is 119 Å². The number of rotatable bonds is 3. The monoisotopic (exact) mass is 283 g/mol. The fourth-order valence-electron chi connectivity index (χ4n) is 2.79. The summed E-state index contributed by atoms with van der Waals surface area (Å²) in [5.74, 6) is -1.06. The molecule has 0 radical (unpaired) electrons. The van der Waals surface area contributed by atoms with E-state index in [0.717, 1.165) is 19.6 Å². The number of likely N-dealkylation sites (N-methyl/N-ethyl adjacent to an activating group) is 2. The van der Waals surface area contributed by atoms with Crippen molar-refractivity contribution >= 4 is 0 Å². The SMILES string of the molecule is Cc1ccc(F)c(C(N)CC2CN(C)CCN2C)c1F. The summed E-state index contributed by atoms with van der Waals surface area (Å²) < 4.78 is 28.0. The Balaban J connectivity index is 2.16. The second-order valence-electron chi connectivity index (χ2n) is 5.83. The predicted octanol–water partition coefficient (Wildman–Crippen LogP) is 1.91. The minimum absolute atomic E-state index is 0.0200. The molecule has 2 N–H and O–H groups in total. The van der Waals surface area contributed by atoms with E-state index in [1.54, 1.807) is 6.92 Å². The third kappa shape index (κ3) is 3.16. The Morgan fingerprint density at radius 2 is 2.00 bits per heavy atom. The Morgan fingerprint density at radius 1 is 1.30 bits per heavy atom. The van der Waals surface area contributed by atoms with Crippen LogP contribution < -0.4 is 5.73 Å². The zero-order valence-electron chi connectivity index (χ0n) is 12.4. The van der Waals surface area contributed by atoms with Gasteiger partial charge in [0, 0.05) is 37.3 Å². The van der Waals surface area contributed by atoms with Gasteiger partial charge < -0.3 is 15.5 Å². The van der Waals surface area contributed by atoms with E-state index in [-0.39, 0.29) is 11.6 Å². The molecule has 1 aromatic rings. The van der Waals surface area contributed by atoms with Gasteiger partial charge in [0.15, 0.2) is 0 Å². The third-order valence-corrected chi connectivity index (χ3v) is 4.20. The van der Waals surface area contributed by atoms with Crippen LogP contribution in [0.2, 0.25) is 0 Å². The lowest BCUT2D eigenvalue weighted by atomic mass is 9.95. The van der Waals surface area contributed by atoms with Crippen molar-refractivity contribution < 1.29 is 8.78 Å². The first-order valence-corrected chi connectivity index (χ1v) is 6.99. The van der Waals surface area contributed by atoms with Gasteiger partial charge in [-0.3, -0.25) is 0 Å². The van der Waals surface area contributed by atoms with Crippen molar-refractivity contribution in [2.45, 2.75) is 25.4 Å². The van der Waals surface area contributed by atoms with Gasteiger partial charge in [0.05, 0.1) is 0 Å². The van der Waals surface area contributed by atoms with Gasteiger partial charge in [-0.05, 0) is 39.1 Å². The fraction of sp³-hybridized carbons (Fsp3) is 0.600. The number of benzene rings is 1. The molecule has 2 atom stereocenters. The molecule has 0 saturated carbocycles. The molecular weight excluding hydrogens is 260 g/mol. The van der Waals surface area contributed by atoms with Crippen LogP contribution in [0.25, 0.3) is 0 Å². The van der Waals surface area contributed by atoms with Gasteiger partial charge in [0.25, 0.3) is 0 Å². The summed E-state index contributed by atoms with van der Waals surface area (Å²) in [6.07, 6.45) is 0.554. The molecule has 0 bridgehead atoms. The summed E-state index contributed by atoms with van der Waals surface area (Å²) in [5.41, 5.74) is 6.53. The van der Waals surface area contributed by atoms with Gasteiger partial charge >= 0.3 is 0 Å². The third-order valence-electron chi connectivity index (χ3n) is 4.20. The number of nitrogens with zero attached hydrogens (tertiary/aromatic N) is 2. The Morgan fingerprint density at radius 3 is 2.70 bits per heavy atom. The quantitative estimate of drug-likeness (QED) is 0.920. The van der Waals surface area contributed by atoms with Gasteiger partial charge in [-0.25, -0.2) is 8.78 Å². The topological polar surface area (TPSA) is 32.5 Å². The molecule has 0 aliphatic carbocycles. The minimum atomic E-state index is -0.617. The number of aryl methyl sites for hydroxylation is 1. The number of nitrogens with two attached hydrogens (primary N) is 1. The van der Waals surface area contributed by atoms with Crippen LogP contribution in [0.15, 0.2) is 12.1 Å². The zero-order valence-corrected chi connectivity index (χ0v) is 12.4. The maximum atomic E-state index is 14.1. The first-order chi connectivity index (χ1) is 9.40. The van der Waals surface area contributed by atoms with Crippen molar-refractivity contribution in [1.82, 2.24) is 9.80 Å². The molecule has 1 heterocycles. The highest BCUT2D eigenvalue weighted by Crippen LogP contribution is 2.26. The molecule has 1 aliphatic rings. The molecule has 20 heavy (non-hydrogen) atoms. The normalized spacial score (nSPS) is 23.0. The average Bonchev–Trinajstić information content (AvgIpc) is 2.39. The van der Waals surface area contributed by atoms with Crippen LogP contribution in [-0.2, 0) is 0 Å². The van der Waals surface area contributed by atoms with Crippen molar-refractivity contribution in [3.63, 3.8) is 0 Å². The zero-order chi connectivity index (χ0) is 14.9. The lowest BCUT2D eigenvalue weighted by Gasteiger charge is -2.39. The summed E-state index contributed by atoms with van der Waals surface area (Å²) in [6, 6.07) is 2.35. The van der Waals surface area contributed by atoms with Crippen molar-refractivity contribution in [1.29, 1.82) is 0 Å². The first-order valence-electron chi connectivity index (χ1n) is 6.99. The molecule has 0 aromatic heterocycles. The maximum Gasteiger partial charge on any atom is 0.133 e. The second kappa shape index (κ2) is 6.16. The maximum absolute atomic E-state index is 14.1. The van der Waals surface area contributed by atoms with E-state index < -0.39 is 17.7 Å². The predicted molar refractivity (Wildman–Crippen MR) is 76.6 cm³/mol. The van der Waals surface area contributed by atoms with Crippen molar-refractivity contribution in [3.05, 3.63) is 34.9 Å². The largest absolute Gasteiger partial charge is 0.324 e. The van der Waals surface area contributed by atoms with Gasteiger partial charge in [0.1, 0.15) is 11.6 Å². The van der Waals surface area contributed by atoms with E-state index in [9.17, 15) is 8.78 Å². The Hall–Kier alpha value is -1.04. The molecule has 3 nitrogen and oxygen atoms in total. The van der Waals surface area contributed by atoms with Crippen LogP contribution in [0.5, 0.6) is 0 Å². The van der Waals surface area contributed by atoms with Gasteiger partial charge in [-0.1, -0.05) is 6.07 Å². The highest BCUT2D eigenvalue weighted by Gasteiger charge is 2.27. The van der Waals surface area contributed by atoms with Crippen molar-refractivity contribution in [2.75, 3.05) is 33.7 Å².